The van der Waals surface area contributed by atoms with Crippen LogP contribution in [0.2, 0.25) is 0 Å². The Morgan fingerprint density at radius 2 is 0.647 bits per heavy atom. The first-order valence-corrected chi connectivity index (χ1v) is 35.2. The molecule has 488 valence electrons. The second-order valence-corrected chi connectivity index (χ2v) is 24.1. The Bertz CT molecular complexity index is 1990. The third-order valence-electron chi connectivity index (χ3n) is 12.9. The maximum absolute atomic E-state index is 12.9. The molecular formula is C67H114O16P2. The summed E-state index contributed by atoms with van der Waals surface area (Å²) in [5.74, 6) is -1.63. The van der Waals surface area contributed by atoms with Gasteiger partial charge in [0.25, 0.3) is 0 Å². The molecular weight excluding hydrogens is 1120 g/mol. The minimum atomic E-state index is -4.92. The number of phosphoric ester groups is 2. The minimum Gasteiger partial charge on any atom is -0.463 e. The molecule has 0 aromatic carbocycles. The SMILES string of the molecule is CC/C=C\C/C=C\C/C=C\C/C=C\C/C=C\C/C=C\CCCCCCC(=O)OCC(O)COP(=O)(O)OCC(O)COP(=O)(O)OCC(COC(=O)CCCCCCC/C=C\C/C=C\CCC)OC(=O)CCCCCCC/C=C\CCCCCC. The van der Waals surface area contributed by atoms with Crippen LogP contribution in [0.5, 0.6) is 0 Å². The van der Waals surface area contributed by atoms with Crippen LogP contribution in [0.1, 0.15) is 239 Å². The molecule has 18 heteroatoms. The second-order valence-electron chi connectivity index (χ2n) is 21.2. The van der Waals surface area contributed by atoms with Crippen molar-refractivity contribution in [3.63, 3.8) is 0 Å². The van der Waals surface area contributed by atoms with Gasteiger partial charge in [0.05, 0.1) is 26.4 Å². The van der Waals surface area contributed by atoms with Crippen LogP contribution in [0, 0.1) is 0 Å². The smallest absolute Gasteiger partial charge is 0.463 e. The van der Waals surface area contributed by atoms with E-state index in [-0.39, 0.29) is 19.3 Å². The number of allylic oxidation sites excluding steroid dienone is 18. The zero-order valence-electron chi connectivity index (χ0n) is 52.5. The largest absolute Gasteiger partial charge is 0.472 e. The predicted octanol–water partition coefficient (Wildman–Crippen LogP) is 17.3. The molecule has 0 amide bonds. The van der Waals surface area contributed by atoms with Crippen LogP contribution >= 0.6 is 15.6 Å². The molecule has 0 aromatic rings. The summed E-state index contributed by atoms with van der Waals surface area (Å²) in [6.07, 6.45) is 65.8. The van der Waals surface area contributed by atoms with Crippen LogP contribution in [0.25, 0.3) is 0 Å². The Balaban J connectivity index is 4.61. The van der Waals surface area contributed by atoms with Gasteiger partial charge in [-0.25, -0.2) is 9.13 Å². The highest BCUT2D eigenvalue weighted by Crippen LogP contribution is 2.45. The lowest BCUT2D eigenvalue weighted by Crippen LogP contribution is -2.30. The molecule has 0 fully saturated rings. The van der Waals surface area contributed by atoms with Gasteiger partial charge in [-0.15, -0.1) is 0 Å². The molecule has 0 saturated carbocycles. The van der Waals surface area contributed by atoms with Crippen LogP contribution in [0.4, 0.5) is 0 Å². The zero-order valence-corrected chi connectivity index (χ0v) is 54.3. The maximum Gasteiger partial charge on any atom is 0.472 e. The molecule has 5 unspecified atom stereocenters. The number of hydrogen-bond donors (Lipinski definition) is 4. The molecule has 0 aliphatic rings. The summed E-state index contributed by atoms with van der Waals surface area (Å²) in [5.41, 5.74) is 0. The lowest BCUT2D eigenvalue weighted by molar-refractivity contribution is -0.161. The van der Waals surface area contributed by atoms with Crippen molar-refractivity contribution in [3.05, 3.63) is 109 Å². The number of phosphoric acid groups is 2. The van der Waals surface area contributed by atoms with E-state index >= 15 is 0 Å². The predicted molar refractivity (Wildman–Crippen MR) is 344 cm³/mol. The Kier molecular flexibility index (Phi) is 57.8. The van der Waals surface area contributed by atoms with E-state index in [0.29, 0.717) is 19.3 Å². The van der Waals surface area contributed by atoms with Crippen molar-refractivity contribution < 1.29 is 75.8 Å². The number of esters is 3. The zero-order chi connectivity index (χ0) is 62.4. The van der Waals surface area contributed by atoms with Crippen molar-refractivity contribution >= 4 is 33.6 Å². The number of carbonyl (C=O) groups is 3. The first kappa shape index (κ1) is 81.2. The fourth-order valence-electron chi connectivity index (χ4n) is 8.02. The fourth-order valence-corrected chi connectivity index (χ4v) is 9.60. The summed E-state index contributed by atoms with van der Waals surface area (Å²) in [4.78, 5) is 58.2. The topological polar surface area (TPSA) is 231 Å². The van der Waals surface area contributed by atoms with Crippen LogP contribution in [0.15, 0.2) is 109 Å². The van der Waals surface area contributed by atoms with Gasteiger partial charge in [0.1, 0.15) is 25.4 Å². The Morgan fingerprint density at radius 3 is 1.05 bits per heavy atom. The second kappa shape index (κ2) is 60.5. The van der Waals surface area contributed by atoms with Crippen LogP contribution < -0.4 is 0 Å². The summed E-state index contributed by atoms with van der Waals surface area (Å²) < 4.78 is 60.7. The highest BCUT2D eigenvalue weighted by molar-refractivity contribution is 7.47. The van der Waals surface area contributed by atoms with E-state index in [0.717, 1.165) is 154 Å². The van der Waals surface area contributed by atoms with Crippen molar-refractivity contribution in [1.82, 2.24) is 0 Å². The number of unbranched alkanes of at least 4 members (excludes halogenated alkanes) is 19. The van der Waals surface area contributed by atoms with Gasteiger partial charge in [0.15, 0.2) is 6.10 Å². The van der Waals surface area contributed by atoms with Crippen molar-refractivity contribution in [2.75, 3.05) is 39.6 Å². The van der Waals surface area contributed by atoms with Crippen LogP contribution in [-0.4, -0.2) is 95.9 Å². The van der Waals surface area contributed by atoms with E-state index in [1.807, 2.05) is 0 Å². The van der Waals surface area contributed by atoms with E-state index in [1.54, 1.807) is 0 Å². The van der Waals surface area contributed by atoms with E-state index in [4.69, 9.17) is 32.3 Å². The van der Waals surface area contributed by atoms with Crippen molar-refractivity contribution in [3.8, 4) is 0 Å². The van der Waals surface area contributed by atoms with Gasteiger partial charge >= 0.3 is 33.6 Å². The quantitative estimate of drug-likeness (QED) is 0.0146. The third-order valence-corrected chi connectivity index (χ3v) is 14.8. The van der Waals surface area contributed by atoms with Crippen molar-refractivity contribution in [2.24, 2.45) is 0 Å². The number of aliphatic hydroxyl groups excluding tert-OH is 2. The summed E-state index contributed by atoms with van der Waals surface area (Å²) >= 11 is 0. The van der Waals surface area contributed by atoms with Gasteiger partial charge < -0.3 is 34.2 Å². The normalized spacial score (nSPS) is 15.0. The van der Waals surface area contributed by atoms with Gasteiger partial charge in [0.2, 0.25) is 0 Å². The summed E-state index contributed by atoms with van der Waals surface area (Å²) in [5, 5.41) is 20.5. The lowest BCUT2D eigenvalue weighted by atomic mass is 10.1. The maximum atomic E-state index is 12.9. The van der Waals surface area contributed by atoms with Gasteiger partial charge in [-0.2, -0.15) is 0 Å². The molecule has 0 rings (SSSR count). The molecule has 4 N–H and O–H groups in total. The van der Waals surface area contributed by atoms with Gasteiger partial charge in [-0.05, 0) is 122 Å². The molecule has 0 radical (unpaired) electrons. The fraction of sp³-hybridized carbons (Fsp3) is 0.687. The van der Waals surface area contributed by atoms with Gasteiger partial charge in [0, 0.05) is 19.3 Å². The monoisotopic (exact) mass is 1240 g/mol. The van der Waals surface area contributed by atoms with Gasteiger partial charge in [-0.3, -0.25) is 32.5 Å². The standard InChI is InChI=1S/C67H114O16P2/c1-4-7-10-13-16-19-22-25-26-27-28-29-30-31-32-33-34-37-39-41-44-47-50-53-65(70)77-56-62(68)57-79-84(73,74)80-58-63(69)59-81-85(75,76)82-61-64(83-67(72)55-52-49-46-43-40-36-24-21-18-15-12-9-6-3)60-78-66(71)54-51-48-45-42-38-35-23-20-17-14-11-8-5-2/h7,10-11,14,16,19-21,23-26,28-29,31-32,34,37,62-64,68-69H,4-6,8-9,12-13,15,17-18,22,27,30,33,35-36,38-61H2,1-3H3,(H,73,74)(H,75,76)/b10-7-,14-11-,19-16-,23-20-,24-21-,26-25-,29-28-,32-31-,37-34-. The molecule has 0 heterocycles. The molecule has 0 saturated heterocycles. The van der Waals surface area contributed by atoms with Crippen molar-refractivity contribution in [2.45, 2.75) is 257 Å². The Labute approximate surface area is 513 Å². The Hall–Kier alpha value is -3.79. The van der Waals surface area contributed by atoms with E-state index in [2.05, 4.69) is 130 Å². The van der Waals surface area contributed by atoms with Crippen LogP contribution in [-0.2, 0) is 55.8 Å². The molecule has 0 aromatic heterocycles. The summed E-state index contributed by atoms with van der Waals surface area (Å²) in [6.45, 7) is 2.39. The molecule has 16 nitrogen and oxygen atoms in total. The number of ether oxygens (including phenoxy) is 3. The van der Waals surface area contributed by atoms with E-state index < -0.39 is 91.5 Å². The van der Waals surface area contributed by atoms with Crippen molar-refractivity contribution in [1.29, 1.82) is 0 Å². The molecule has 0 bridgehead atoms. The highest BCUT2D eigenvalue weighted by atomic mass is 31.2. The molecule has 5 atom stereocenters. The van der Waals surface area contributed by atoms with E-state index in [1.165, 1.54) is 25.7 Å². The molecule has 85 heavy (non-hydrogen) atoms. The first-order chi connectivity index (χ1) is 41.2. The Morgan fingerprint density at radius 1 is 0.341 bits per heavy atom. The van der Waals surface area contributed by atoms with Crippen LogP contribution in [0.3, 0.4) is 0 Å². The average molecular weight is 1240 g/mol. The number of carbonyl (C=O) groups excluding carboxylic acids is 3. The summed E-state index contributed by atoms with van der Waals surface area (Å²) in [7, 11) is -9.78. The molecule has 0 aliphatic heterocycles. The molecule has 0 spiro atoms. The van der Waals surface area contributed by atoms with E-state index in [9.17, 15) is 43.5 Å². The lowest BCUT2D eigenvalue weighted by Gasteiger charge is -2.21. The molecule has 0 aliphatic carbocycles. The third kappa shape index (κ3) is 61.6. The minimum absolute atomic E-state index is 0.0896. The summed E-state index contributed by atoms with van der Waals surface area (Å²) in [6, 6.07) is 0. The average Bonchev–Trinajstić information content (AvgIpc) is 3.51. The number of aliphatic hydroxyl groups is 2. The number of rotatable bonds is 60. The first-order valence-electron chi connectivity index (χ1n) is 32.2. The highest BCUT2D eigenvalue weighted by Gasteiger charge is 2.29. The van der Waals surface area contributed by atoms with Gasteiger partial charge in [-0.1, -0.05) is 207 Å². The number of hydrogen-bond acceptors (Lipinski definition) is 14.